The van der Waals surface area contributed by atoms with Crippen LogP contribution in [0.15, 0.2) is 72.9 Å². The average molecular weight is 481 g/mol. The second-order valence-electron chi connectivity index (χ2n) is 8.27. The fourth-order valence-corrected chi connectivity index (χ4v) is 3.84. The zero-order valence-corrected chi connectivity index (χ0v) is 18.4. The maximum absolute atomic E-state index is 15.2. The number of fused-ring (bicyclic) bond motifs is 1. The highest BCUT2D eigenvalue weighted by molar-refractivity contribution is 5.97. The van der Waals surface area contributed by atoms with E-state index in [0.717, 1.165) is 12.1 Å². The SMILES string of the molecule is C[C@](O)(Cn1ccc2c(F)c(-c3ccccc3)ccc21)C(=O)Nc1ccc(C#N)c(C(F)(F)F)c1. The van der Waals surface area contributed by atoms with Gasteiger partial charge in [-0.3, -0.25) is 4.79 Å². The number of rotatable bonds is 5. The lowest BCUT2D eigenvalue weighted by Gasteiger charge is -2.24. The van der Waals surface area contributed by atoms with Crippen LogP contribution in [-0.2, 0) is 17.5 Å². The molecule has 0 fully saturated rings. The van der Waals surface area contributed by atoms with Crippen molar-refractivity contribution in [2.45, 2.75) is 25.2 Å². The lowest BCUT2D eigenvalue weighted by molar-refractivity contribution is -0.138. The number of anilines is 1. The normalized spacial score (nSPS) is 13.3. The lowest BCUT2D eigenvalue weighted by Crippen LogP contribution is -2.43. The Morgan fingerprint density at radius 2 is 1.80 bits per heavy atom. The van der Waals surface area contributed by atoms with E-state index in [-0.39, 0.29) is 12.2 Å². The van der Waals surface area contributed by atoms with Gasteiger partial charge in [-0.15, -0.1) is 0 Å². The molecule has 1 aromatic heterocycles. The van der Waals surface area contributed by atoms with Gasteiger partial charge in [-0.1, -0.05) is 30.3 Å². The Bertz CT molecular complexity index is 1450. The van der Waals surface area contributed by atoms with E-state index in [2.05, 4.69) is 5.32 Å². The van der Waals surface area contributed by atoms with E-state index in [1.54, 1.807) is 36.4 Å². The van der Waals surface area contributed by atoms with Crippen LogP contribution in [0.25, 0.3) is 22.0 Å². The summed E-state index contributed by atoms with van der Waals surface area (Å²) < 4.78 is 56.3. The number of carbonyl (C=O) groups is 1. The zero-order chi connectivity index (χ0) is 25.4. The average Bonchev–Trinajstić information content (AvgIpc) is 3.22. The molecule has 5 nitrogen and oxygen atoms in total. The summed E-state index contributed by atoms with van der Waals surface area (Å²) in [6.45, 7) is 0.923. The van der Waals surface area contributed by atoms with Gasteiger partial charge in [-0.05, 0) is 48.9 Å². The van der Waals surface area contributed by atoms with E-state index in [1.807, 2.05) is 6.07 Å². The number of nitriles is 1. The minimum absolute atomic E-state index is 0.225. The molecule has 1 heterocycles. The third-order valence-electron chi connectivity index (χ3n) is 5.64. The molecular formula is C26H19F4N3O2. The maximum atomic E-state index is 15.2. The molecule has 0 spiro atoms. The first-order valence-electron chi connectivity index (χ1n) is 10.5. The Kier molecular flexibility index (Phi) is 6.09. The number of aliphatic hydroxyl groups is 1. The molecule has 0 aliphatic rings. The van der Waals surface area contributed by atoms with Crippen LogP contribution < -0.4 is 5.32 Å². The van der Waals surface area contributed by atoms with Crippen molar-refractivity contribution in [3.05, 3.63) is 89.9 Å². The predicted molar refractivity (Wildman–Crippen MR) is 123 cm³/mol. The quantitative estimate of drug-likeness (QED) is 0.358. The number of alkyl halides is 3. The second-order valence-corrected chi connectivity index (χ2v) is 8.27. The zero-order valence-electron chi connectivity index (χ0n) is 18.4. The largest absolute Gasteiger partial charge is 0.417 e. The Hall–Kier alpha value is -4.16. The summed E-state index contributed by atoms with van der Waals surface area (Å²) >= 11 is 0. The lowest BCUT2D eigenvalue weighted by atomic mass is 10.0. The summed E-state index contributed by atoms with van der Waals surface area (Å²) in [5, 5.41) is 22.3. The van der Waals surface area contributed by atoms with Crippen molar-refractivity contribution >= 4 is 22.5 Å². The molecule has 9 heteroatoms. The number of nitrogens with one attached hydrogen (secondary N) is 1. The van der Waals surface area contributed by atoms with Crippen LogP contribution in [0.2, 0.25) is 0 Å². The number of benzene rings is 3. The molecule has 1 amide bonds. The molecule has 3 aromatic carbocycles. The molecule has 0 saturated carbocycles. The van der Waals surface area contributed by atoms with E-state index in [0.29, 0.717) is 28.1 Å². The molecule has 0 radical (unpaired) electrons. The third kappa shape index (κ3) is 4.74. The highest BCUT2D eigenvalue weighted by Gasteiger charge is 2.35. The Labute approximate surface area is 197 Å². The summed E-state index contributed by atoms with van der Waals surface area (Å²) in [6, 6.07) is 18.0. The van der Waals surface area contributed by atoms with Crippen LogP contribution in [-0.4, -0.2) is 21.2 Å². The van der Waals surface area contributed by atoms with Crippen molar-refractivity contribution < 1.29 is 27.5 Å². The topological polar surface area (TPSA) is 78.1 Å². The highest BCUT2D eigenvalue weighted by Crippen LogP contribution is 2.34. The Balaban J connectivity index is 1.58. The number of hydrogen-bond donors (Lipinski definition) is 2. The summed E-state index contributed by atoms with van der Waals surface area (Å²) in [4.78, 5) is 12.7. The van der Waals surface area contributed by atoms with Crippen molar-refractivity contribution in [1.82, 2.24) is 4.57 Å². The third-order valence-corrected chi connectivity index (χ3v) is 5.64. The molecule has 0 aliphatic heterocycles. The molecule has 1 atom stereocenters. The predicted octanol–water partition coefficient (Wildman–Crippen LogP) is 5.73. The van der Waals surface area contributed by atoms with Gasteiger partial charge in [0, 0.05) is 22.8 Å². The van der Waals surface area contributed by atoms with Gasteiger partial charge in [0.05, 0.1) is 29.3 Å². The fraction of sp³-hybridized carbons (Fsp3) is 0.154. The van der Waals surface area contributed by atoms with Gasteiger partial charge in [-0.25, -0.2) is 4.39 Å². The molecule has 4 rings (SSSR count). The van der Waals surface area contributed by atoms with Gasteiger partial charge in [0.15, 0.2) is 5.60 Å². The van der Waals surface area contributed by atoms with Crippen LogP contribution >= 0.6 is 0 Å². The smallest absolute Gasteiger partial charge is 0.378 e. The summed E-state index contributed by atoms with van der Waals surface area (Å²) in [7, 11) is 0. The molecule has 0 unspecified atom stereocenters. The van der Waals surface area contributed by atoms with Crippen molar-refractivity contribution in [2.24, 2.45) is 0 Å². The first-order chi connectivity index (χ1) is 16.5. The molecule has 0 saturated heterocycles. The number of aromatic nitrogens is 1. The van der Waals surface area contributed by atoms with Crippen LogP contribution in [0, 0.1) is 17.1 Å². The van der Waals surface area contributed by atoms with E-state index >= 15 is 4.39 Å². The maximum Gasteiger partial charge on any atom is 0.417 e. The molecular weight excluding hydrogens is 462 g/mol. The minimum atomic E-state index is -4.79. The summed E-state index contributed by atoms with van der Waals surface area (Å²) in [5.41, 5.74) is -2.51. The molecule has 2 N–H and O–H groups in total. The van der Waals surface area contributed by atoms with Gasteiger partial charge < -0.3 is 15.0 Å². The minimum Gasteiger partial charge on any atom is -0.378 e. The number of amides is 1. The van der Waals surface area contributed by atoms with Gasteiger partial charge in [0.2, 0.25) is 0 Å². The molecule has 0 aliphatic carbocycles. The number of nitrogens with zero attached hydrogens (tertiary/aromatic N) is 2. The fourth-order valence-electron chi connectivity index (χ4n) is 3.84. The van der Waals surface area contributed by atoms with Crippen LogP contribution in [0.3, 0.4) is 0 Å². The van der Waals surface area contributed by atoms with Gasteiger partial charge in [0.1, 0.15) is 5.82 Å². The first-order valence-corrected chi connectivity index (χ1v) is 10.5. The number of hydrogen-bond acceptors (Lipinski definition) is 3. The summed E-state index contributed by atoms with van der Waals surface area (Å²) in [5.74, 6) is -1.41. The molecule has 4 aromatic rings. The first kappa shape index (κ1) is 24.0. The number of halogens is 4. The van der Waals surface area contributed by atoms with Crippen molar-refractivity contribution in [1.29, 1.82) is 5.26 Å². The van der Waals surface area contributed by atoms with Gasteiger partial charge in [-0.2, -0.15) is 18.4 Å². The Morgan fingerprint density at radius 1 is 1.09 bits per heavy atom. The summed E-state index contributed by atoms with van der Waals surface area (Å²) in [6.07, 6.45) is -3.27. The molecule has 35 heavy (non-hydrogen) atoms. The van der Waals surface area contributed by atoms with E-state index in [9.17, 15) is 23.1 Å². The molecule has 0 bridgehead atoms. The van der Waals surface area contributed by atoms with E-state index in [4.69, 9.17) is 5.26 Å². The van der Waals surface area contributed by atoms with Crippen molar-refractivity contribution in [3.8, 4) is 17.2 Å². The molecule has 178 valence electrons. The van der Waals surface area contributed by atoms with Crippen molar-refractivity contribution in [3.63, 3.8) is 0 Å². The van der Waals surface area contributed by atoms with Gasteiger partial charge >= 0.3 is 6.18 Å². The number of carbonyl (C=O) groups excluding carboxylic acids is 1. The van der Waals surface area contributed by atoms with Crippen LogP contribution in [0.4, 0.5) is 23.2 Å². The standard InChI is InChI=1S/C26H19F4N3O2/c1-25(35,24(34)32-18-8-7-17(14-31)21(13-18)26(28,29)30)15-33-12-11-20-22(33)10-9-19(23(20)27)16-5-3-2-4-6-16/h2-13,35H,15H2,1H3,(H,32,34)/t25-/m0/s1. The second kappa shape index (κ2) is 8.89. The van der Waals surface area contributed by atoms with Crippen molar-refractivity contribution in [2.75, 3.05) is 5.32 Å². The monoisotopic (exact) mass is 481 g/mol. The Morgan fingerprint density at radius 3 is 2.46 bits per heavy atom. The van der Waals surface area contributed by atoms with Crippen LogP contribution in [0.1, 0.15) is 18.1 Å². The van der Waals surface area contributed by atoms with E-state index in [1.165, 1.54) is 29.8 Å². The van der Waals surface area contributed by atoms with E-state index < -0.39 is 34.6 Å². The van der Waals surface area contributed by atoms with Gasteiger partial charge in [0.25, 0.3) is 5.91 Å². The van der Waals surface area contributed by atoms with Crippen LogP contribution in [0.5, 0.6) is 0 Å². The highest BCUT2D eigenvalue weighted by atomic mass is 19.4.